The van der Waals surface area contributed by atoms with Crippen LogP contribution < -0.4 is 10.4 Å². The molecule has 0 saturated carbocycles. The van der Waals surface area contributed by atoms with Gasteiger partial charge in [-0.1, -0.05) is 116 Å². The number of aromatic nitrogens is 3. The van der Waals surface area contributed by atoms with E-state index in [0.717, 1.165) is 50.6 Å². The maximum absolute atomic E-state index is 6.32. The first kappa shape index (κ1) is 26.4. The molecule has 0 N–H and O–H groups in total. The molecule has 10 rings (SSSR count). The van der Waals surface area contributed by atoms with E-state index in [1.165, 1.54) is 43.1 Å². The minimum atomic E-state index is -2.23. The van der Waals surface area contributed by atoms with Crippen LogP contribution in [0.5, 0.6) is 0 Å². The van der Waals surface area contributed by atoms with E-state index in [1.54, 1.807) is 0 Å². The lowest BCUT2D eigenvalue weighted by Crippen LogP contribution is -2.50. The molecule has 6 aromatic carbocycles. The van der Waals surface area contributed by atoms with Gasteiger partial charge in [-0.2, -0.15) is 0 Å². The van der Waals surface area contributed by atoms with Crippen molar-refractivity contribution in [3.63, 3.8) is 0 Å². The second kappa shape index (κ2) is 9.61. The van der Waals surface area contributed by atoms with Gasteiger partial charge in [-0.25, -0.2) is 9.97 Å². The first-order valence-corrected chi connectivity index (χ1v) is 19.1. The van der Waals surface area contributed by atoms with Crippen LogP contribution in [0, 0.1) is 0 Å². The van der Waals surface area contributed by atoms with Gasteiger partial charge in [0.15, 0.2) is 5.82 Å². The van der Waals surface area contributed by atoms with Crippen molar-refractivity contribution in [3.8, 4) is 39.6 Å². The molecule has 0 bridgehead atoms. The molecule has 0 aliphatic carbocycles. The van der Waals surface area contributed by atoms with E-state index in [4.69, 9.17) is 14.4 Å². The zero-order chi connectivity index (χ0) is 31.3. The third kappa shape index (κ3) is 3.69. The molecule has 4 heterocycles. The first-order chi connectivity index (χ1) is 23.1. The van der Waals surface area contributed by atoms with Crippen LogP contribution in [0.15, 0.2) is 144 Å². The largest absolute Gasteiger partial charge is 0.456 e. The van der Waals surface area contributed by atoms with Crippen molar-refractivity contribution in [2.24, 2.45) is 0 Å². The topological polar surface area (TPSA) is 43.9 Å². The van der Waals surface area contributed by atoms with Crippen LogP contribution in [0.2, 0.25) is 13.1 Å². The van der Waals surface area contributed by atoms with Crippen molar-refractivity contribution in [1.29, 1.82) is 0 Å². The summed E-state index contributed by atoms with van der Waals surface area (Å²) in [6.07, 6.45) is 0. The van der Waals surface area contributed by atoms with Gasteiger partial charge < -0.3 is 8.98 Å². The average molecular weight is 620 g/mol. The van der Waals surface area contributed by atoms with Gasteiger partial charge in [0, 0.05) is 38.4 Å². The van der Waals surface area contributed by atoms with Crippen LogP contribution in [0.25, 0.3) is 83.3 Å². The number of nitrogens with zero attached hydrogens (tertiary/aromatic N) is 3. The molecule has 0 amide bonds. The lowest BCUT2D eigenvalue weighted by molar-refractivity contribution is 0.669. The molecule has 47 heavy (non-hydrogen) atoms. The second-order valence-electron chi connectivity index (χ2n) is 13.0. The summed E-state index contributed by atoms with van der Waals surface area (Å²) in [6.45, 7) is 4.90. The van der Waals surface area contributed by atoms with Crippen molar-refractivity contribution in [1.82, 2.24) is 14.5 Å². The molecule has 0 saturated heterocycles. The molecule has 0 fully saturated rings. The quantitative estimate of drug-likeness (QED) is 0.185. The monoisotopic (exact) mass is 619 g/mol. The van der Waals surface area contributed by atoms with E-state index < -0.39 is 8.07 Å². The van der Waals surface area contributed by atoms with E-state index >= 15 is 0 Å². The molecular weight excluding hydrogens is 591 g/mol. The fourth-order valence-electron chi connectivity index (χ4n) is 7.85. The molecular formula is C42H29N3OSi. The van der Waals surface area contributed by atoms with E-state index in [-0.39, 0.29) is 0 Å². The Morgan fingerprint density at radius 2 is 1.23 bits per heavy atom. The number of rotatable bonds is 3. The molecule has 3 aromatic heterocycles. The van der Waals surface area contributed by atoms with E-state index in [9.17, 15) is 0 Å². The van der Waals surface area contributed by atoms with Crippen LogP contribution in [0.4, 0.5) is 0 Å². The number of furan rings is 1. The summed E-state index contributed by atoms with van der Waals surface area (Å²) in [7, 11) is -2.23. The van der Waals surface area contributed by atoms with Gasteiger partial charge in [0.2, 0.25) is 0 Å². The Kier molecular flexibility index (Phi) is 5.41. The summed E-state index contributed by atoms with van der Waals surface area (Å²) >= 11 is 0. The lowest BCUT2D eigenvalue weighted by Gasteiger charge is -2.22. The normalized spacial score (nSPS) is 13.5. The summed E-state index contributed by atoms with van der Waals surface area (Å²) in [6, 6.07) is 49.4. The fraction of sp³-hybridized carbons (Fsp3) is 0.0476. The summed E-state index contributed by atoms with van der Waals surface area (Å²) in [5.41, 5.74) is 10.9. The van der Waals surface area contributed by atoms with Gasteiger partial charge in [-0.3, -0.25) is 0 Å². The lowest BCUT2D eigenvalue weighted by atomic mass is 10.1. The van der Waals surface area contributed by atoms with Gasteiger partial charge in [0.25, 0.3) is 0 Å². The van der Waals surface area contributed by atoms with Crippen LogP contribution in [-0.4, -0.2) is 22.6 Å². The number of benzene rings is 6. The molecule has 0 unspecified atom stereocenters. The first-order valence-electron chi connectivity index (χ1n) is 16.1. The Bertz CT molecular complexity index is 2710. The third-order valence-electron chi connectivity index (χ3n) is 9.98. The number of hydrogen-bond acceptors (Lipinski definition) is 3. The van der Waals surface area contributed by atoms with Gasteiger partial charge in [-0.05, 0) is 52.3 Å². The van der Waals surface area contributed by atoms with Crippen molar-refractivity contribution in [2.45, 2.75) is 13.1 Å². The van der Waals surface area contributed by atoms with Crippen molar-refractivity contribution >= 4 is 62.2 Å². The minimum absolute atomic E-state index is 0.767. The fourth-order valence-corrected chi connectivity index (χ4v) is 11.1. The zero-order valence-electron chi connectivity index (χ0n) is 26.0. The van der Waals surface area contributed by atoms with Crippen LogP contribution in [0.1, 0.15) is 0 Å². The summed E-state index contributed by atoms with van der Waals surface area (Å²) in [4.78, 5) is 10.6. The second-order valence-corrected chi connectivity index (χ2v) is 17.3. The highest BCUT2D eigenvalue weighted by Gasteiger charge is 2.42. The summed E-state index contributed by atoms with van der Waals surface area (Å²) in [5.74, 6) is 0.767. The molecule has 4 nitrogen and oxygen atoms in total. The molecule has 5 heteroatoms. The predicted octanol–water partition coefficient (Wildman–Crippen LogP) is 9.61. The van der Waals surface area contributed by atoms with Crippen molar-refractivity contribution in [2.75, 3.05) is 0 Å². The number of fused-ring (bicyclic) bond motifs is 10. The van der Waals surface area contributed by atoms with Gasteiger partial charge in [0.1, 0.15) is 19.2 Å². The minimum Gasteiger partial charge on any atom is -0.456 e. The Hall–Kier alpha value is -5.78. The predicted molar refractivity (Wildman–Crippen MR) is 197 cm³/mol. The van der Waals surface area contributed by atoms with Gasteiger partial charge >= 0.3 is 0 Å². The highest BCUT2D eigenvalue weighted by molar-refractivity contribution is 7.04. The van der Waals surface area contributed by atoms with Crippen LogP contribution >= 0.6 is 0 Å². The molecule has 222 valence electrons. The highest BCUT2D eigenvalue weighted by atomic mass is 28.3. The van der Waals surface area contributed by atoms with Gasteiger partial charge in [0.05, 0.1) is 22.4 Å². The third-order valence-corrected chi connectivity index (χ3v) is 13.5. The Labute approximate surface area is 272 Å². The van der Waals surface area contributed by atoms with Crippen molar-refractivity contribution in [3.05, 3.63) is 140 Å². The van der Waals surface area contributed by atoms with Crippen LogP contribution in [0.3, 0.4) is 0 Å². The summed E-state index contributed by atoms with van der Waals surface area (Å²) in [5, 5.41) is 7.48. The Balaban J connectivity index is 1.24. The molecule has 0 atom stereocenters. The molecule has 9 aromatic rings. The maximum atomic E-state index is 6.32. The molecule has 0 radical (unpaired) electrons. The van der Waals surface area contributed by atoms with E-state index in [0.29, 0.717) is 0 Å². The van der Waals surface area contributed by atoms with E-state index in [1.807, 2.05) is 12.1 Å². The van der Waals surface area contributed by atoms with E-state index in [2.05, 4.69) is 145 Å². The van der Waals surface area contributed by atoms with Gasteiger partial charge in [-0.15, -0.1) is 0 Å². The van der Waals surface area contributed by atoms with Crippen LogP contribution in [-0.2, 0) is 0 Å². The summed E-state index contributed by atoms with van der Waals surface area (Å²) < 4.78 is 8.75. The Morgan fingerprint density at radius 1 is 0.553 bits per heavy atom. The smallest absolute Gasteiger partial charge is 0.160 e. The highest BCUT2D eigenvalue weighted by Crippen LogP contribution is 2.42. The zero-order valence-corrected chi connectivity index (χ0v) is 27.0. The molecule has 0 spiro atoms. The number of para-hydroxylation sites is 2. The molecule has 1 aliphatic rings. The standard InChI is InChI=1S/C42H29N3OSi/c1-47(2)36-25-28(45-32-19-11-9-17-29(32)37-33(45)23-24-35-38(37)30-18-10-12-20-34(30)46-35)21-22-31(36)40-41(47)39(26-13-5-3-6-14-26)43-42(44-40)27-15-7-4-8-16-27/h3-25H,1-2H3. The van der Waals surface area contributed by atoms with Crippen molar-refractivity contribution < 1.29 is 4.42 Å². The number of hydrogen-bond donors (Lipinski definition) is 0. The average Bonchev–Trinajstić information content (AvgIpc) is 3.74. The Morgan fingerprint density at radius 3 is 2.04 bits per heavy atom. The molecule has 1 aliphatic heterocycles. The maximum Gasteiger partial charge on any atom is 0.160 e. The SMILES string of the molecule is C[Si]1(C)c2cc(-n3c4ccccc4c4c5c(ccc43)oc3ccccc35)ccc2-c2nc(-c3ccccc3)nc(-c3ccccc3)c21.